The molecule has 0 bridgehead atoms. The van der Waals surface area contributed by atoms with Crippen molar-refractivity contribution < 1.29 is 13.9 Å². The molecule has 2 rings (SSSR count). The second-order valence-corrected chi connectivity index (χ2v) is 5.37. The van der Waals surface area contributed by atoms with E-state index in [1.54, 1.807) is 11.0 Å². The van der Waals surface area contributed by atoms with E-state index in [9.17, 15) is 9.18 Å². The summed E-state index contributed by atoms with van der Waals surface area (Å²) in [5, 5.41) is 2.92. The van der Waals surface area contributed by atoms with E-state index in [4.69, 9.17) is 4.74 Å². The third-order valence-electron chi connectivity index (χ3n) is 3.82. The van der Waals surface area contributed by atoms with Crippen molar-refractivity contribution in [3.05, 3.63) is 35.6 Å². The first kappa shape index (κ1) is 15.8. The van der Waals surface area contributed by atoms with Gasteiger partial charge in [-0.05, 0) is 44.4 Å². The summed E-state index contributed by atoms with van der Waals surface area (Å²) >= 11 is 0. The molecule has 0 aliphatic carbocycles. The van der Waals surface area contributed by atoms with Crippen LogP contribution >= 0.6 is 0 Å². The van der Waals surface area contributed by atoms with Gasteiger partial charge in [-0.1, -0.05) is 12.1 Å². The topological polar surface area (TPSA) is 41.6 Å². The Bertz CT molecular complexity index is 473. The maximum atomic E-state index is 13.2. The van der Waals surface area contributed by atoms with Gasteiger partial charge in [-0.3, -0.25) is 0 Å². The maximum Gasteiger partial charge on any atom is 0.317 e. The minimum absolute atomic E-state index is 0.0956. The average molecular weight is 294 g/mol. The number of ether oxygens (including phenoxy) is 1. The molecule has 1 N–H and O–H groups in total. The molecule has 1 aromatic rings. The van der Waals surface area contributed by atoms with Crippen LogP contribution in [0.3, 0.4) is 0 Å². The number of hydrogen-bond donors (Lipinski definition) is 1. The molecule has 4 nitrogen and oxygen atoms in total. The summed E-state index contributed by atoms with van der Waals surface area (Å²) in [5.41, 5.74) is 0.771. The van der Waals surface area contributed by atoms with Gasteiger partial charge in [0.15, 0.2) is 0 Å². The Morgan fingerprint density at radius 2 is 2.19 bits per heavy atom. The quantitative estimate of drug-likeness (QED) is 0.927. The number of nitrogens with zero attached hydrogens (tertiary/aromatic N) is 1. The van der Waals surface area contributed by atoms with E-state index in [-0.39, 0.29) is 24.0 Å². The van der Waals surface area contributed by atoms with Crippen LogP contribution in [0.5, 0.6) is 0 Å². The van der Waals surface area contributed by atoms with E-state index < -0.39 is 0 Å². The number of benzene rings is 1. The fraction of sp³-hybridized carbons (Fsp3) is 0.562. The van der Waals surface area contributed by atoms with Crippen LogP contribution in [0.25, 0.3) is 0 Å². The zero-order valence-electron chi connectivity index (χ0n) is 12.6. The number of halogens is 1. The van der Waals surface area contributed by atoms with Gasteiger partial charge in [0.05, 0.1) is 12.1 Å². The zero-order valence-corrected chi connectivity index (χ0v) is 12.6. The van der Waals surface area contributed by atoms with E-state index in [2.05, 4.69) is 5.32 Å². The van der Waals surface area contributed by atoms with Crippen LogP contribution in [0.15, 0.2) is 24.3 Å². The molecule has 1 atom stereocenters. The van der Waals surface area contributed by atoms with Crippen LogP contribution in [0, 0.1) is 5.82 Å². The molecule has 1 aromatic carbocycles. The van der Waals surface area contributed by atoms with E-state index in [0.29, 0.717) is 19.7 Å². The Hall–Kier alpha value is -1.62. The lowest BCUT2D eigenvalue weighted by molar-refractivity contribution is 0.0218. The van der Waals surface area contributed by atoms with E-state index in [0.717, 1.165) is 18.4 Å². The number of hydrogen-bond acceptors (Lipinski definition) is 2. The molecular weight excluding hydrogens is 271 g/mol. The number of nitrogens with one attached hydrogen (secondary N) is 1. The van der Waals surface area contributed by atoms with Gasteiger partial charge >= 0.3 is 6.03 Å². The second-order valence-electron chi connectivity index (χ2n) is 5.37. The highest BCUT2D eigenvalue weighted by Gasteiger charge is 2.23. The SMILES string of the molecule is CCOC1CCN(C(=O)N[C@@H](C)c2cccc(F)c2)CC1. The molecule has 1 aliphatic heterocycles. The van der Waals surface area contributed by atoms with Gasteiger partial charge in [0.1, 0.15) is 5.82 Å². The first-order chi connectivity index (χ1) is 10.1. The monoisotopic (exact) mass is 294 g/mol. The van der Waals surface area contributed by atoms with Crippen molar-refractivity contribution in [2.24, 2.45) is 0 Å². The highest BCUT2D eigenvalue weighted by Crippen LogP contribution is 2.17. The highest BCUT2D eigenvalue weighted by atomic mass is 19.1. The summed E-state index contributed by atoms with van der Waals surface area (Å²) in [6.45, 7) is 5.96. The lowest BCUT2D eigenvalue weighted by atomic mass is 10.1. The molecule has 1 fully saturated rings. The number of likely N-dealkylation sites (tertiary alicyclic amines) is 1. The van der Waals surface area contributed by atoms with Gasteiger partial charge in [-0.25, -0.2) is 9.18 Å². The predicted molar refractivity (Wildman–Crippen MR) is 79.6 cm³/mol. The molecule has 116 valence electrons. The van der Waals surface area contributed by atoms with Crippen LogP contribution in [0.2, 0.25) is 0 Å². The van der Waals surface area contributed by atoms with Crippen LogP contribution in [0.4, 0.5) is 9.18 Å². The van der Waals surface area contributed by atoms with E-state index in [1.807, 2.05) is 19.9 Å². The van der Waals surface area contributed by atoms with Crippen molar-refractivity contribution in [3.8, 4) is 0 Å². The van der Waals surface area contributed by atoms with Gasteiger partial charge in [0.25, 0.3) is 0 Å². The number of carbonyl (C=O) groups is 1. The van der Waals surface area contributed by atoms with Gasteiger partial charge in [-0.2, -0.15) is 0 Å². The molecule has 0 radical (unpaired) electrons. The molecule has 1 aliphatic rings. The molecule has 1 heterocycles. The summed E-state index contributed by atoms with van der Waals surface area (Å²) < 4.78 is 18.8. The van der Waals surface area contributed by atoms with Crippen LogP contribution in [0.1, 0.15) is 38.3 Å². The van der Waals surface area contributed by atoms with Gasteiger partial charge < -0.3 is 15.0 Å². The summed E-state index contributed by atoms with van der Waals surface area (Å²) in [5.74, 6) is -0.286. The van der Waals surface area contributed by atoms with E-state index >= 15 is 0 Å². The molecule has 0 unspecified atom stereocenters. The first-order valence-electron chi connectivity index (χ1n) is 7.52. The Morgan fingerprint density at radius 3 is 2.81 bits per heavy atom. The number of amides is 2. The van der Waals surface area contributed by atoms with Crippen molar-refractivity contribution in [1.82, 2.24) is 10.2 Å². The number of rotatable bonds is 4. The lowest BCUT2D eigenvalue weighted by Gasteiger charge is -2.32. The molecule has 1 saturated heterocycles. The predicted octanol–water partition coefficient (Wildman–Crippen LogP) is 3.10. The molecular formula is C16H23FN2O2. The third-order valence-corrected chi connectivity index (χ3v) is 3.82. The summed E-state index contributed by atoms with van der Waals surface area (Å²) in [6, 6.07) is 6.01. The van der Waals surface area contributed by atoms with Crippen LogP contribution in [-0.2, 0) is 4.74 Å². The third kappa shape index (κ3) is 4.43. The molecule has 5 heteroatoms. The van der Waals surface area contributed by atoms with Crippen molar-refractivity contribution in [2.75, 3.05) is 19.7 Å². The minimum atomic E-state index is -0.286. The van der Waals surface area contributed by atoms with Crippen molar-refractivity contribution >= 4 is 6.03 Å². The smallest absolute Gasteiger partial charge is 0.317 e. The van der Waals surface area contributed by atoms with Crippen molar-refractivity contribution in [1.29, 1.82) is 0 Å². The van der Waals surface area contributed by atoms with Gasteiger partial charge in [0.2, 0.25) is 0 Å². The van der Waals surface area contributed by atoms with Gasteiger partial charge in [-0.15, -0.1) is 0 Å². The first-order valence-corrected chi connectivity index (χ1v) is 7.52. The zero-order chi connectivity index (χ0) is 15.2. The minimum Gasteiger partial charge on any atom is -0.378 e. The molecule has 0 saturated carbocycles. The normalized spacial score (nSPS) is 17.6. The number of carbonyl (C=O) groups excluding carboxylic acids is 1. The summed E-state index contributed by atoms with van der Waals surface area (Å²) in [7, 11) is 0. The largest absolute Gasteiger partial charge is 0.378 e. The highest BCUT2D eigenvalue weighted by molar-refractivity contribution is 5.74. The Labute approximate surface area is 125 Å². The summed E-state index contributed by atoms with van der Waals surface area (Å²) in [4.78, 5) is 14.0. The van der Waals surface area contributed by atoms with Crippen molar-refractivity contribution in [2.45, 2.75) is 38.8 Å². The van der Waals surface area contributed by atoms with Crippen molar-refractivity contribution in [3.63, 3.8) is 0 Å². The molecule has 0 aromatic heterocycles. The van der Waals surface area contributed by atoms with E-state index in [1.165, 1.54) is 12.1 Å². The Kier molecular flexibility index (Phi) is 5.56. The lowest BCUT2D eigenvalue weighted by Crippen LogP contribution is -2.46. The Balaban J connectivity index is 1.84. The standard InChI is InChI=1S/C16H23FN2O2/c1-3-21-15-7-9-19(10-8-15)16(20)18-12(2)13-5-4-6-14(17)11-13/h4-6,11-12,15H,3,7-10H2,1-2H3,(H,18,20)/t12-/m0/s1. The fourth-order valence-corrected chi connectivity index (χ4v) is 2.60. The van der Waals surface area contributed by atoms with Crippen LogP contribution in [-0.4, -0.2) is 36.7 Å². The van der Waals surface area contributed by atoms with Crippen LogP contribution < -0.4 is 5.32 Å². The molecule has 2 amide bonds. The number of piperidine rings is 1. The fourth-order valence-electron chi connectivity index (χ4n) is 2.60. The van der Waals surface area contributed by atoms with Gasteiger partial charge in [0, 0.05) is 19.7 Å². The maximum absolute atomic E-state index is 13.2. The second kappa shape index (κ2) is 7.41. The average Bonchev–Trinajstić information content (AvgIpc) is 2.48. The number of urea groups is 1. The molecule has 0 spiro atoms. The molecule has 21 heavy (non-hydrogen) atoms. The summed E-state index contributed by atoms with van der Waals surface area (Å²) in [6.07, 6.45) is 2.00. The Morgan fingerprint density at radius 1 is 1.48 bits per heavy atom.